The third-order valence-electron chi connectivity index (χ3n) is 6.52. The number of rotatable bonds is 5. The van der Waals surface area contributed by atoms with Gasteiger partial charge in [-0.3, -0.25) is 14.3 Å². The Bertz CT molecular complexity index is 1120. The van der Waals surface area contributed by atoms with E-state index in [0.717, 1.165) is 48.6 Å². The number of aromatic nitrogens is 3. The predicted octanol–water partition coefficient (Wildman–Crippen LogP) is 3.46. The molecule has 2 aliphatic heterocycles. The lowest BCUT2D eigenvalue weighted by molar-refractivity contribution is 0.406. The maximum atomic E-state index is 12.7. The molecule has 160 valence electrons. The van der Waals surface area contributed by atoms with Crippen molar-refractivity contribution < 1.29 is 4.74 Å². The van der Waals surface area contributed by atoms with Crippen molar-refractivity contribution in [2.75, 3.05) is 17.3 Å². The fourth-order valence-electron chi connectivity index (χ4n) is 5.03. The highest BCUT2D eigenvalue weighted by Crippen LogP contribution is 2.40. The molecule has 0 amide bonds. The van der Waals surface area contributed by atoms with E-state index in [0.29, 0.717) is 23.8 Å². The standard InChI is InChI=1S/C24H27N5O2/c1-28-23(30)15-21(16-9-11-25-12-10-16)27-24(28)29-18-7-8-19(29)14-17(13-18)26-20-5-3-4-6-22(20)31-2/h3-6,9-12,15,17-19,26H,7-8,13-14H2,1-2H3. The number of pyridine rings is 1. The van der Waals surface area contributed by atoms with Crippen LogP contribution in [0.4, 0.5) is 11.6 Å². The van der Waals surface area contributed by atoms with Gasteiger partial charge in [0.2, 0.25) is 5.95 Å². The topological polar surface area (TPSA) is 72.3 Å². The summed E-state index contributed by atoms with van der Waals surface area (Å²) < 4.78 is 7.19. The molecule has 31 heavy (non-hydrogen) atoms. The zero-order chi connectivity index (χ0) is 21.4. The van der Waals surface area contributed by atoms with E-state index in [4.69, 9.17) is 9.72 Å². The van der Waals surface area contributed by atoms with E-state index in [2.05, 4.69) is 21.3 Å². The van der Waals surface area contributed by atoms with E-state index in [1.807, 2.05) is 37.4 Å². The number of hydrogen-bond donors (Lipinski definition) is 1. The van der Waals surface area contributed by atoms with Crippen LogP contribution in [-0.2, 0) is 7.05 Å². The zero-order valence-corrected chi connectivity index (χ0v) is 17.9. The summed E-state index contributed by atoms with van der Waals surface area (Å²) >= 11 is 0. The summed E-state index contributed by atoms with van der Waals surface area (Å²) in [6.07, 6.45) is 7.70. The number of piperidine rings is 1. The van der Waals surface area contributed by atoms with Crippen LogP contribution in [0.1, 0.15) is 25.7 Å². The van der Waals surface area contributed by atoms with E-state index in [-0.39, 0.29) is 5.56 Å². The number of fused-ring (bicyclic) bond motifs is 2. The molecule has 2 fully saturated rings. The van der Waals surface area contributed by atoms with Crippen LogP contribution >= 0.6 is 0 Å². The van der Waals surface area contributed by atoms with Gasteiger partial charge in [-0.15, -0.1) is 0 Å². The van der Waals surface area contributed by atoms with Gasteiger partial charge in [0.05, 0.1) is 18.5 Å². The molecule has 0 saturated carbocycles. The molecule has 0 aliphatic carbocycles. The second-order valence-electron chi connectivity index (χ2n) is 8.38. The molecular weight excluding hydrogens is 390 g/mol. The summed E-state index contributed by atoms with van der Waals surface area (Å²) in [6.45, 7) is 0. The molecule has 2 bridgehead atoms. The highest BCUT2D eigenvalue weighted by molar-refractivity contribution is 5.60. The lowest BCUT2D eigenvalue weighted by Gasteiger charge is -2.40. The van der Waals surface area contributed by atoms with Crippen LogP contribution in [0, 0.1) is 0 Å². The van der Waals surface area contributed by atoms with Crippen molar-refractivity contribution in [1.82, 2.24) is 14.5 Å². The van der Waals surface area contributed by atoms with Gasteiger partial charge in [-0.1, -0.05) is 12.1 Å². The summed E-state index contributed by atoms with van der Waals surface area (Å²) in [7, 11) is 3.52. The third-order valence-corrected chi connectivity index (χ3v) is 6.52. The first kappa shape index (κ1) is 19.6. The Morgan fingerprint density at radius 2 is 1.77 bits per heavy atom. The molecule has 7 nitrogen and oxygen atoms in total. The number of para-hydroxylation sites is 2. The van der Waals surface area contributed by atoms with Crippen LogP contribution in [0.2, 0.25) is 0 Å². The normalized spacial score (nSPS) is 22.4. The molecule has 7 heteroatoms. The third kappa shape index (κ3) is 3.65. The minimum Gasteiger partial charge on any atom is -0.495 e. The van der Waals surface area contributed by atoms with Crippen molar-refractivity contribution in [2.24, 2.45) is 7.05 Å². The van der Waals surface area contributed by atoms with Gasteiger partial charge in [-0.25, -0.2) is 4.98 Å². The SMILES string of the molecule is COc1ccccc1NC1CC2CCC(C1)N2c1nc(-c2ccncc2)cc(=O)n1C. The summed E-state index contributed by atoms with van der Waals surface area (Å²) in [6, 6.07) is 14.5. The average Bonchev–Trinajstić information content (AvgIpc) is 3.06. The lowest BCUT2D eigenvalue weighted by Crippen LogP contribution is -2.49. The highest BCUT2D eigenvalue weighted by Gasteiger charge is 2.42. The van der Waals surface area contributed by atoms with Gasteiger partial charge in [0.1, 0.15) is 5.75 Å². The van der Waals surface area contributed by atoms with Crippen LogP contribution in [0.15, 0.2) is 59.7 Å². The Morgan fingerprint density at radius 3 is 2.48 bits per heavy atom. The van der Waals surface area contributed by atoms with Gasteiger partial charge in [0.15, 0.2) is 0 Å². The van der Waals surface area contributed by atoms with Crippen LogP contribution < -0.4 is 20.5 Å². The van der Waals surface area contributed by atoms with Crippen LogP contribution in [0.5, 0.6) is 5.75 Å². The van der Waals surface area contributed by atoms with Crippen molar-refractivity contribution in [3.63, 3.8) is 0 Å². The van der Waals surface area contributed by atoms with E-state index in [1.165, 1.54) is 0 Å². The molecule has 2 aliphatic rings. The average molecular weight is 418 g/mol. The minimum atomic E-state index is -0.0366. The van der Waals surface area contributed by atoms with Crippen molar-refractivity contribution in [1.29, 1.82) is 0 Å². The molecule has 2 saturated heterocycles. The molecule has 4 heterocycles. The quantitative estimate of drug-likeness (QED) is 0.685. The maximum Gasteiger partial charge on any atom is 0.255 e. The molecule has 1 N–H and O–H groups in total. The predicted molar refractivity (Wildman–Crippen MR) is 122 cm³/mol. The summed E-state index contributed by atoms with van der Waals surface area (Å²) in [5.74, 6) is 1.63. The Hall–Kier alpha value is -3.35. The van der Waals surface area contributed by atoms with Gasteiger partial charge in [-0.05, 0) is 49.9 Å². The smallest absolute Gasteiger partial charge is 0.255 e. The van der Waals surface area contributed by atoms with Crippen molar-refractivity contribution in [3.8, 4) is 17.0 Å². The summed E-state index contributed by atoms with van der Waals surface area (Å²) in [5.41, 5.74) is 2.61. The molecule has 3 aromatic rings. The van der Waals surface area contributed by atoms with Gasteiger partial charge < -0.3 is 15.0 Å². The number of methoxy groups -OCH3 is 1. The number of hydrogen-bond acceptors (Lipinski definition) is 6. The number of benzene rings is 1. The highest BCUT2D eigenvalue weighted by atomic mass is 16.5. The first-order valence-corrected chi connectivity index (χ1v) is 10.8. The van der Waals surface area contributed by atoms with Crippen LogP contribution in [0.3, 0.4) is 0 Å². The number of nitrogens with zero attached hydrogens (tertiary/aromatic N) is 4. The van der Waals surface area contributed by atoms with E-state index in [9.17, 15) is 4.79 Å². The molecule has 2 unspecified atom stereocenters. The number of ether oxygens (including phenoxy) is 1. The van der Waals surface area contributed by atoms with Crippen molar-refractivity contribution >= 4 is 11.6 Å². The minimum absolute atomic E-state index is 0.0366. The van der Waals surface area contributed by atoms with Crippen molar-refractivity contribution in [2.45, 2.75) is 43.8 Å². The fraction of sp³-hybridized carbons (Fsp3) is 0.375. The monoisotopic (exact) mass is 417 g/mol. The van der Waals surface area contributed by atoms with Gasteiger partial charge >= 0.3 is 0 Å². The number of nitrogens with one attached hydrogen (secondary N) is 1. The largest absolute Gasteiger partial charge is 0.495 e. The fourth-order valence-corrected chi connectivity index (χ4v) is 5.03. The van der Waals surface area contributed by atoms with Gasteiger partial charge in [0, 0.05) is 49.2 Å². The van der Waals surface area contributed by atoms with Crippen molar-refractivity contribution in [3.05, 3.63) is 65.2 Å². The van der Waals surface area contributed by atoms with Crippen LogP contribution in [0.25, 0.3) is 11.3 Å². The molecule has 5 rings (SSSR count). The molecule has 1 aromatic carbocycles. The molecule has 0 spiro atoms. The second kappa shape index (κ2) is 8.06. The second-order valence-corrected chi connectivity index (χ2v) is 8.38. The zero-order valence-electron chi connectivity index (χ0n) is 17.9. The number of anilines is 2. The first-order valence-electron chi connectivity index (χ1n) is 10.8. The van der Waals surface area contributed by atoms with E-state index >= 15 is 0 Å². The first-order chi connectivity index (χ1) is 15.1. The molecular formula is C24H27N5O2. The molecule has 2 atom stereocenters. The molecule has 0 radical (unpaired) electrons. The van der Waals surface area contributed by atoms with Gasteiger partial charge in [-0.2, -0.15) is 0 Å². The van der Waals surface area contributed by atoms with Crippen LogP contribution in [-0.4, -0.2) is 39.8 Å². The summed E-state index contributed by atoms with van der Waals surface area (Å²) in [4.78, 5) is 24.1. The van der Waals surface area contributed by atoms with Gasteiger partial charge in [0.25, 0.3) is 5.56 Å². The van der Waals surface area contributed by atoms with E-state index in [1.54, 1.807) is 30.1 Å². The van der Waals surface area contributed by atoms with E-state index < -0.39 is 0 Å². The Balaban J connectivity index is 1.42. The maximum absolute atomic E-state index is 12.7. The summed E-state index contributed by atoms with van der Waals surface area (Å²) in [5, 5.41) is 3.69. The Labute approximate surface area is 181 Å². The lowest BCUT2D eigenvalue weighted by atomic mass is 9.97. The Kier molecular flexibility index (Phi) is 5.10. The molecule has 2 aromatic heterocycles. The Morgan fingerprint density at radius 1 is 1.06 bits per heavy atom.